The van der Waals surface area contributed by atoms with E-state index in [9.17, 15) is 4.79 Å². The number of H-pyrrole nitrogens is 1. The Morgan fingerprint density at radius 3 is 2.58 bits per heavy atom. The topological polar surface area (TPSA) is 84.9 Å². The van der Waals surface area contributed by atoms with E-state index in [1.165, 1.54) is 6.07 Å². The fourth-order valence-corrected chi connectivity index (χ4v) is 1.95. The van der Waals surface area contributed by atoms with Crippen molar-refractivity contribution in [2.75, 3.05) is 5.73 Å². The first-order valence-electron chi connectivity index (χ1n) is 5.76. The van der Waals surface area contributed by atoms with E-state index in [2.05, 4.69) is 10.1 Å². The molecular weight excluding hydrogens is 242 g/mol. The second kappa shape index (κ2) is 4.45. The summed E-state index contributed by atoms with van der Waals surface area (Å²) in [6, 6.07) is 14.4. The molecule has 0 saturated carbocycles. The molecule has 3 aromatic rings. The van der Waals surface area contributed by atoms with Gasteiger partial charge in [-0.15, -0.1) is 0 Å². The van der Waals surface area contributed by atoms with Crippen LogP contribution >= 0.6 is 0 Å². The third-order valence-electron chi connectivity index (χ3n) is 2.79. The number of benzene rings is 1. The van der Waals surface area contributed by atoms with E-state index in [4.69, 9.17) is 10.3 Å². The Hall–Kier alpha value is -2.82. The van der Waals surface area contributed by atoms with E-state index in [0.29, 0.717) is 22.8 Å². The number of pyridine rings is 1. The summed E-state index contributed by atoms with van der Waals surface area (Å²) in [5.41, 5.74) is 7.77. The van der Waals surface area contributed by atoms with Crippen molar-refractivity contribution in [3.63, 3.8) is 0 Å². The first-order chi connectivity index (χ1) is 9.25. The quantitative estimate of drug-likeness (QED) is 0.733. The van der Waals surface area contributed by atoms with Gasteiger partial charge in [0.2, 0.25) is 5.56 Å². The Bertz CT molecular complexity index is 760. The number of hydrogen-bond donors (Lipinski definition) is 2. The number of aromatic amines is 1. The predicted octanol–water partition coefficient (Wildman–Crippen LogP) is 2.28. The number of nitrogen functional groups attached to an aromatic ring is 1. The van der Waals surface area contributed by atoms with Crippen LogP contribution in [0.1, 0.15) is 0 Å². The van der Waals surface area contributed by atoms with Crippen LogP contribution in [0.15, 0.2) is 57.8 Å². The normalized spacial score (nSPS) is 10.5. The number of nitrogens with zero attached hydrogens (tertiary/aromatic N) is 1. The van der Waals surface area contributed by atoms with E-state index < -0.39 is 0 Å². The average Bonchev–Trinajstić information content (AvgIpc) is 2.82. The van der Waals surface area contributed by atoms with Crippen LogP contribution in [-0.4, -0.2) is 10.1 Å². The van der Waals surface area contributed by atoms with E-state index in [1.54, 1.807) is 12.1 Å². The molecule has 5 nitrogen and oxygen atoms in total. The molecule has 94 valence electrons. The van der Waals surface area contributed by atoms with Gasteiger partial charge in [-0.1, -0.05) is 41.6 Å². The van der Waals surface area contributed by atoms with Crippen molar-refractivity contribution < 1.29 is 4.52 Å². The van der Waals surface area contributed by atoms with Gasteiger partial charge >= 0.3 is 0 Å². The van der Waals surface area contributed by atoms with Crippen molar-refractivity contribution in [3.05, 3.63) is 58.9 Å². The van der Waals surface area contributed by atoms with Gasteiger partial charge < -0.3 is 15.2 Å². The summed E-state index contributed by atoms with van der Waals surface area (Å²) in [5, 5.41) is 3.78. The predicted molar refractivity (Wildman–Crippen MR) is 72.4 cm³/mol. The first kappa shape index (κ1) is 11.3. The van der Waals surface area contributed by atoms with Gasteiger partial charge in [-0.2, -0.15) is 0 Å². The van der Waals surface area contributed by atoms with Gasteiger partial charge in [0.1, 0.15) is 0 Å². The summed E-state index contributed by atoms with van der Waals surface area (Å²) in [7, 11) is 0. The van der Waals surface area contributed by atoms with Crippen molar-refractivity contribution in [2.24, 2.45) is 0 Å². The molecule has 0 spiro atoms. The first-order valence-corrected chi connectivity index (χ1v) is 5.76. The van der Waals surface area contributed by atoms with Crippen molar-refractivity contribution in [1.82, 2.24) is 10.1 Å². The average molecular weight is 253 g/mol. The molecule has 2 aromatic heterocycles. The van der Waals surface area contributed by atoms with Gasteiger partial charge in [0, 0.05) is 6.07 Å². The van der Waals surface area contributed by atoms with Crippen LogP contribution in [0.5, 0.6) is 0 Å². The van der Waals surface area contributed by atoms with Crippen molar-refractivity contribution >= 4 is 5.82 Å². The lowest BCUT2D eigenvalue weighted by molar-refractivity contribution is 0.434. The lowest BCUT2D eigenvalue weighted by Crippen LogP contribution is -2.03. The molecule has 0 aliphatic heterocycles. The molecule has 19 heavy (non-hydrogen) atoms. The van der Waals surface area contributed by atoms with Crippen molar-refractivity contribution in [3.8, 4) is 22.6 Å². The lowest BCUT2D eigenvalue weighted by Gasteiger charge is -2.02. The Morgan fingerprint density at radius 2 is 1.84 bits per heavy atom. The highest BCUT2D eigenvalue weighted by Gasteiger charge is 2.17. The second-order valence-electron chi connectivity index (χ2n) is 4.07. The number of hydrogen-bond acceptors (Lipinski definition) is 4. The van der Waals surface area contributed by atoms with Gasteiger partial charge in [-0.05, 0) is 11.6 Å². The third kappa shape index (κ3) is 2.01. The van der Waals surface area contributed by atoms with Crippen LogP contribution in [0.25, 0.3) is 22.6 Å². The van der Waals surface area contributed by atoms with Crippen LogP contribution in [0.3, 0.4) is 0 Å². The summed E-state index contributed by atoms with van der Waals surface area (Å²) in [6.45, 7) is 0. The number of aromatic nitrogens is 2. The second-order valence-corrected chi connectivity index (χ2v) is 4.07. The van der Waals surface area contributed by atoms with Crippen LogP contribution in [0.4, 0.5) is 5.82 Å². The summed E-state index contributed by atoms with van der Waals surface area (Å²) >= 11 is 0. The minimum absolute atomic E-state index is 0.202. The molecule has 5 heteroatoms. The van der Waals surface area contributed by atoms with Gasteiger partial charge in [-0.3, -0.25) is 4.79 Å². The Morgan fingerprint density at radius 1 is 1.05 bits per heavy atom. The smallest absolute Gasteiger partial charge is 0.248 e. The zero-order valence-electron chi connectivity index (χ0n) is 9.96. The van der Waals surface area contributed by atoms with E-state index in [-0.39, 0.29) is 5.56 Å². The van der Waals surface area contributed by atoms with Crippen LogP contribution < -0.4 is 11.3 Å². The monoisotopic (exact) mass is 253 g/mol. The van der Waals surface area contributed by atoms with Gasteiger partial charge in [-0.25, -0.2) is 0 Å². The zero-order valence-corrected chi connectivity index (χ0v) is 9.96. The molecule has 3 rings (SSSR count). The van der Waals surface area contributed by atoms with Crippen molar-refractivity contribution in [1.29, 1.82) is 0 Å². The Balaban J connectivity index is 2.22. The van der Waals surface area contributed by atoms with E-state index in [0.717, 1.165) is 5.56 Å². The maximum atomic E-state index is 11.4. The molecule has 0 unspecified atom stereocenters. The van der Waals surface area contributed by atoms with Crippen LogP contribution in [0, 0.1) is 0 Å². The summed E-state index contributed by atoms with van der Waals surface area (Å²) in [4.78, 5) is 14.1. The van der Waals surface area contributed by atoms with Gasteiger partial charge in [0.25, 0.3) is 0 Å². The van der Waals surface area contributed by atoms with Gasteiger partial charge in [0.15, 0.2) is 11.6 Å². The standard InChI is InChI=1S/C14H11N3O2/c15-14-12(9-5-2-1-3-6-9)13(19-17-14)10-7-4-8-11(18)16-10/h1-8H,(H2,15,17)(H,16,18). The fourth-order valence-electron chi connectivity index (χ4n) is 1.95. The minimum Gasteiger partial charge on any atom is -0.380 e. The molecule has 1 aromatic carbocycles. The highest BCUT2D eigenvalue weighted by atomic mass is 16.5. The molecule has 0 aliphatic rings. The Kier molecular flexibility index (Phi) is 2.64. The van der Waals surface area contributed by atoms with Crippen molar-refractivity contribution in [2.45, 2.75) is 0 Å². The maximum Gasteiger partial charge on any atom is 0.248 e. The number of rotatable bonds is 2. The fraction of sp³-hybridized carbons (Fsp3) is 0. The summed E-state index contributed by atoms with van der Waals surface area (Å²) in [6.07, 6.45) is 0. The summed E-state index contributed by atoms with van der Waals surface area (Å²) < 4.78 is 5.25. The van der Waals surface area contributed by atoms with E-state index >= 15 is 0 Å². The molecule has 0 fully saturated rings. The lowest BCUT2D eigenvalue weighted by atomic mass is 10.0. The highest BCUT2D eigenvalue weighted by molar-refractivity contribution is 5.85. The highest BCUT2D eigenvalue weighted by Crippen LogP contribution is 2.34. The summed E-state index contributed by atoms with van der Waals surface area (Å²) in [5.74, 6) is 0.757. The molecule has 0 amide bonds. The molecule has 2 heterocycles. The number of anilines is 1. The van der Waals surface area contributed by atoms with Gasteiger partial charge in [0.05, 0.1) is 11.3 Å². The molecule has 0 atom stereocenters. The van der Waals surface area contributed by atoms with Crippen LogP contribution in [-0.2, 0) is 0 Å². The molecule has 3 N–H and O–H groups in total. The molecule has 0 radical (unpaired) electrons. The van der Waals surface area contributed by atoms with Crippen LogP contribution in [0.2, 0.25) is 0 Å². The number of nitrogens with two attached hydrogens (primary N) is 1. The van der Waals surface area contributed by atoms with E-state index in [1.807, 2.05) is 30.3 Å². The zero-order chi connectivity index (χ0) is 13.2. The molecule has 0 saturated heterocycles. The molecule has 0 bridgehead atoms. The maximum absolute atomic E-state index is 11.4. The minimum atomic E-state index is -0.202. The largest absolute Gasteiger partial charge is 0.380 e. The SMILES string of the molecule is Nc1noc(-c2cccc(=O)[nH]2)c1-c1ccccc1. The molecule has 0 aliphatic carbocycles. The number of nitrogens with one attached hydrogen (secondary N) is 1. The third-order valence-corrected chi connectivity index (χ3v) is 2.79. The molecular formula is C14H11N3O2. The Labute approximate surface area is 108 Å².